The highest BCUT2D eigenvalue weighted by molar-refractivity contribution is 6.03. The number of ketones is 1. The summed E-state index contributed by atoms with van der Waals surface area (Å²) in [6.45, 7) is 20.1. The van der Waals surface area contributed by atoms with Crippen molar-refractivity contribution in [1.82, 2.24) is 0 Å². The third-order valence-corrected chi connectivity index (χ3v) is 7.26. The number of hydrogen-bond acceptors (Lipinski definition) is 5. The Morgan fingerprint density at radius 1 is 1.06 bits per heavy atom. The fraction of sp³-hybridized carbons (Fsp3) is 0.548. The van der Waals surface area contributed by atoms with Gasteiger partial charge < -0.3 is 14.2 Å². The van der Waals surface area contributed by atoms with Gasteiger partial charge in [0.1, 0.15) is 12.0 Å². The molecule has 5 atom stereocenters. The molecule has 1 saturated heterocycles. The van der Waals surface area contributed by atoms with Gasteiger partial charge >= 0.3 is 5.97 Å². The van der Waals surface area contributed by atoms with E-state index in [1.807, 2.05) is 40.7 Å². The second-order valence-electron chi connectivity index (χ2n) is 10.9. The van der Waals surface area contributed by atoms with Gasteiger partial charge in [-0.3, -0.25) is 9.59 Å². The molecule has 0 aliphatic carbocycles. The van der Waals surface area contributed by atoms with Gasteiger partial charge in [-0.05, 0) is 77.0 Å². The molecule has 0 amide bonds. The van der Waals surface area contributed by atoms with Crippen molar-refractivity contribution in [2.45, 2.75) is 92.6 Å². The first kappa shape index (κ1) is 28.1. The zero-order valence-corrected chi connectivity index (χ0v) is 23.2. The minimum Gasteiger partial charge on any atom is -0.457 e. The van der Waals surface area contributed by atoms with Gasteiger partial charge in [0.2, 0.25) is 0 Å². The van der Waals surface area contributed by atoms with Gasteiger partial charge in [0, 0.05) is 12.0 Å². The molecular formula is C31H42O5. The normalized spacial score (nSPS) is 33.5. The van der Waals surface area contributed by atoms with E-state index in [1.54, 1.807) is 6.92 Å². The van der Waals surface area contributed by atoms with Crippen LogP contribution in [0.5, 0.6) is 0 Å². The Morgan fingerprint density at radius 2 is 1.69 bits per heavy atom. The maximum absolute atomic E-state index is 13.9. The number of benzene rings is 1. The highest BCUT2D eigenvalue weighted by Gasteiger charge is 2.51. The molecule has 2 heterocycles. The zero-order chi connectivity index (χ0) is 26.8. The van der Waals surface area contributed by atoms with Crippen LogP contribution in [0.25, 0.3) is 0 Å². The number of ether oxygens (including phenoxy) is 3. The summed E-state index contributed by atoms with van der Waals surface area (Å²) >= 11 is 0. The third kappa shape index (κ3) is 6.07. The molecule has 2 aliphatic heterocycles. The van der Waals surface area contributed by atoms with Crippen molar-refractivity contribution in [3.05, 3.63) is 69.8 Å². The molecule has 2 aliphatic rings. The van der Waals surface area contributed by atoms with Crippen molar-refractivity contribution in [3.63, 3.8) is 0 Å². The fourth-order valence-corrected chi connectivity index (χ4v) is 5.68. The van der Waals surface area contributed by atoms with E-state index in [2.05, 4.69) is 38.6 Å². The van der Waals surface area contributed by atoms with Gasteiger partial charge in [-0.2, -0.15) is 0 Å². The smallest absolute Gasteiger partial charge is 0.316 e. The van der Waals surface area contributed by atoms with E-state index in [4.69, 9.17) is 14.2 Å². The third-order valence-electron chi connectivity index (χ3n) is 7.26. The van der Waals surface area contributed by atoms with E-state index >= 15 is 0 Å². The van der Waals surface area contributed by atoms with Gasteiger partial charge in [-0.25, -0.2) is 0 Å². The number of Topliss-reactive ketones (excluding diaryl/α,β-unsaturated/α-hetero) is 1. The lowest BCUT2D eigenvalue weighted by atomic mass is 9.84. The predicted octanol–water partition coefficient (Wildman–Crippen LogP) is 6.80. The summed E-state index contributed by atoms with van der Waals surface area (Å²) in [5.41, 5.74) is 5.90. The lowest BCUT2D eigenvalue weighted by Crippen LogP contribution is -2.47. The molecule has 5 heteroatoms. The minimum atomic E-state index is -1.26. The molecular weight excluding hydrogens is 452 g/mol. The van der Waals surface area contributed by atoms with E-state index < -0.39 is 29.9 Å². The van der Waals surface area contributed by atoms with Crippen LogP contribution in [0.3, 0.4) is 0 Å². The van der Waals surface area contributed by atoms with E-state index in [0.717, 1.165) is 45.4 Å². The molecule has 0 unspecified atom stereocenters. The maximum atomic E-state index is 13.9. The van der Waals surface area contributed by atoms with Crippen molar-refractivity contribution in [2.75, 3.05) is 6.61 Å². The maximum Gasteiger partial charge on any atom is 0.316 e. The van der Waals surface area contributed by atoms with Gasteiger partial charge in [0.05, 0.1) is 6.61 Å². The van der Waals surface area contributed by atoms with E-state index in [9.17, 15) is 9.59 Å². The first-order chi connectivity index (χ1) is 16.9. The summed E-state index contributed by atoms with van der Waals surface area (Å²) < 4.78 is 18.5. The summed E-state index contributed by atoms with van der Waals surface area (Å²) in [4.78, 5) is 27.1. The number of hydrogen-bond donors (Lipinski definition) is 0. The molecule has 1 aromatic carbocycles. The van der Waals surface area contributed by atoms with Crippen LogP contribution in [0.1, 0.15) is 82.4 Å². The van der Waals surface area contributed by atoms with E-state index in [1.165, 1.54) is 0 Å². The number of carbonyl (C=O) groups excluding carboxylic acids is 2. The van der Waals surface area contributed by atoms with Gasteiger partial charge in [-0.1, -0.05) is 61.4 Å². The van der Waals surface area contributed by atoms with Crippen LogP contribution < -0.4 is 0 Å². The lowest BCUT2D eigenvalue weighted by molar-refractivity contribution is -0.163. The second-order valence-corrected chi connectivity index (χ2v) is 10.9. The number of cyclic esters (lactones) is 1. The molecule has 1 fully saturated rings. The first-order valence-corrected chi connectivity index (χ1v) is 13.0. The molecule has 0 aromatic heterocycles. The van der Waals surface area contributed by atoms with E-state index in [-0.39, 0.29) is 18.3 Å². The average molecular weight is 495 g/mol. The Balaban J connectivity index is 2.02. The van der Waals surface area contributed by atoms with E-state index in [0.29, 0.717) is 12.8 Å². The Bertz CT molecular complexity index is 1070. The summed E-state index contributed by atoms with van der Waals surface area (Å²) in [5, 5.41) is 0. The van der Waals surface area contributed by atoms with Crippen molar-refractivity contribution in [3.8, 4) is 0 Å². The molecule has 1 aromatic rings. The molecule has 196 valence electrons. The minimum absolute atomic E-state index is 0.0866. The topological polar surface area (TPSA) is 61.8 Å². The summed E-state index contributed by atoms with van der Waals surface area (Å²) in [6, 6.07) is 4.19. The number of aryl methyl sites for hydroxylation is 3. The van der Waals surface area contributed by atoms with Crippen LogP contribution in [0.2, 0.25) is 0 Å². The molecule has 36 heavy (non-hydrogen) atoms. The molecule has 0 N–H and O–H groups in total. The highest BCUT2D eigenvalue weighted by atomic mass is 16.7. The van der Waals surface area contributed by atoms with Crippen molar-refractivity contribution in [1.29, 1.82) is 0 Å². The van der Waals surface area contributed by atoms with Crippen LogP contribution in [0.15, 0.2) is 47.6 Å². The highest BCUT2D eigenvalue weighted by Crippen LogP contribution is 2.42. The fourth-order valence-electron chi connectivity index (χ4n) is 5.68. The second kappa shape index (κ2) is 11.3. The van der Waals surface area contributed by atoms with Crippen molar-refractivity contribution in [2.24, 2.45) is 11.8 Å². The molecule has 0 saturated carbocycles. The number of allylic oxidation sites excluding steroid dienone is 3. The average Bonchev–Trinajstić information content (AvgIpc) is 3.18. The van der Waals surface area contributed by atoms with Crippen LogP contribution in [-0.2, 0) is 23.8 Å². The van der Waals surface area contributed by atoms with Crippen molar-refractivity contribution >= 4 is 11.8 Å². The van der Waals surface area contributed by atoms with Gasteiger partial charge in [0.15, 0.2) is 17.7 Å². The molecule has 5 nitrogen and oxygen atoms in total. The Hall–Kier alpha value is -2.50. The predicted molar refractivity (Wildman–Crippen MR) is 143 cm³/mol. The molecule has 3 rings (SSSR count). The molecule has 1 spiro atoms. The quantitative estimate of drug-likeness (QED) is 0.257. The summed E-state index contributed by atoms with van der Waals surface area (Å²) in [6.07, 6.45) is 4.86. The molecule has 0 bridgehead atoms. The Labute approximate surface area is 216 Å². The van der Waals surface area contributed by atoms with Crippen LogP contribution >= 0.6 is 0 Å². The first-order valence-electron chi connectivity index (χ1n) is 13.0. The summed E-state index contributed by atoms with van der Waals surface area (Å²) in [7, 11) is 0. The lowest BCUT2D eigenvalue weighted by Gasteiger charge is -2.30. The molecule has 0 radical (unpaired) electrons. The number of carbonyl (C=O) groups is 2. The van der Waals surface area contributed by atoms with Gasteiger partial charge in [-0.15, -0.1) is 0 Å². The van der Waals surface area contributed by atoms with Crippen LogP contribution in [-0.4, -0.2) is 30.1 Å². The largest absolute Gasteiger partial charge is 0.457 e. The van der Waals surface area contributed by atoms with Crippen molar-refractivity contribution < 1.29 is 23.8 Å². The SMILES string of the molecule is C=C1/C=C(\C)[C@H](CC)OC(=O)[C@@H](C)C(=O)[C@@]2(CO[C@@H](c3c(C)cc(C)cc3C)O2)C/C(C)=C/[C@@H](C)C1. The Kier molecular flexibility index (Phi) is 8.79. The van der Waals surface area contributed by atoms with Crippen LogP contribution in [0.4, 0.5) is 0 Å². The van der Waals surface area contributed by atoms with Crippen LogP contribution in [0, 0.1) is 32.6 Å². The zero-order valence-electron chi connectivity index (χ0n) is 23.2. The Morgan fingerprint density at radius 3 is 2.31 bits per heavy atom. The summed E-state index contributed by atoms with van der Waals surface area (Å²) in [5.74, 6) is -1.58. The van der Waals surface area contributed by atoms with Gasteiger partial charge in [0.25, 0.3) is 0 Å². The standard InChI is InChI=1S/C31H42O5/c1-10-26-22(6)13-19(3)11-18(2)12-21(5)16-31(28(32)25(9)29(33)35-26)17-34-30(36-31)27-23(7)14-20(4)15-24(27)8/h12-15,18,25-26,30H,3,10-11,16-17H2,1-2,4-9H3/b21-12+,22-13+/t18-,25-,26-,30+,31-/m0/s1. The number of rotatable bonds is 2. The monoisotopic (exact) mass is 494 g/mol. The number of esters is 1.